The van der Waals surface area contributed by atoms with E-state index >= 15 is 0 Å². The Morgan fingerprint density at radius 3 is 2.39 bits per heavy atom. The molecule has 0 aliphatic carbocycles. The van der Waals surface area contributed by atoms with Gasteiger partial charge in [0.25, 0.3) is 0 Å². The third-order valence-corrected chi connectivity index (χ3v) is 6.42. The van der Waals surface area contributed by atoms with Gasteiger partial charge in [-0.2, -0.15) is 18.2 Å². The van der Waals surface area contributed by atoms with Gasteiger partial charge in [0.1, 0.15) is 11.6 Å². The van der Waals surface area contributed by atoms with Gasteiger partial charge in [-0.3, -0.25) is 9.98 Å². The third-order valence-electron chi connectivity index (χ3n) is 6.42. The standard InChI is InChI=1S/C25H27F3N8/c1-29-15-18-13-19(17-30-16-18)21-14-22(33-24(32-21)36-7-2-3-8-36)34-9-11-35(12-10-34)23-20(25(26,27)28)5-4-6-31-23/h4-6,13-17H,2-3,7-12H2,1H3. The Bertz CT molecular complexity index is 1230. The van der Waals surface area contributed by atoms with Gasteiger partial charge in [0.05, 0.1) is 11.3 Å². The molecule has 2 fully saturated rings. The van der Waals surface area contributed by atoms with Gasteiger partial charge in [-0.05, 0) is 31.0 Å². The second-order valence-corrected chi connectivity index (χ2v) is 8.85. The van der Waals surface area contributed by atoms with E-state index in [4.69, 9.17) is 9.97 Å². The number of rotatable bonds is 5. The summed E-state index contributed by atoms with van der Waals surface area (Å²) in [7, 11) is 1.71. The van der Waals surface area contributed by atoms with Crippen molar-refractivity contribution >= 4 is 23.8 Å². The molecule has 3 aromatic rings. The summed E-state index contributed by atoms with van der Waals surface area (Å²) in [5, 5.41) is 0. The molecule has 0 atom stereocenters. The Balaban J connectivity index is 1.42. The van der Waals surface area contributed by atoms with Crippen LogP contribution in [0.2, 0.25) is 0 Å². The summed E-state index contributed by atoms with van der Waals surface area (Å²) in [4.78, 5) is 28.1. The average molecular weight is 497 g/mol. The number of piperazine rings is 1. The van der Waals surface area contributed by atoms with Crippen LogP contribution in [0.15, 0.2) is 47.8 Å². The zero-order chi connectivity index (χ0) is 25.1. The molecule has 0 saturated carbocycles. The minimum Gasteiger partial charge on any atom is -0.353 e. The van der Waals surface area contributed by atoms with Gasteiger partial charge in [-0.1, -0.05) is 0 Å². The summed E-state index contributed by atoms with van der Waals surface area (Å²) in [6.45, 7) is 3.65. The first-order chi connectivity index (χ1) is 17.4. The summed E-state index contributed by atoms with van der Waals surface area (Å²) in [5.74, 6) is 1.40. The predicted octanol–water partition coefficient (Wildman–Crippen LogP) is 3.93. The number of alkyl halides is 3. The van der Waals surface area contributed by atoms with E-state index < -0.39 is 11.7 Å². The van der Waals surface area contributed by atoms with Gasteiger partial charge < -0.3 is 14.7 Å². The zero-order valence-electron chi connectivity index (χ0n) is 20.0. The summed E-state index contributed by atoms with van der Waals surface area (Å²) in [6.07, 6.45) is 4.40. The zero-order valence-corrected chi connectivity index (χ0v) is 20.0. The van der Waals surface area contributed by atoms with Crippen LogP contribution >= 0.6 is 0 Å². The summed E-state index contributed by atoms with van der Waals surface area (Å²) < 4.78 is 40.5. The van der Waals surface area contributed by atoms with E-state index in [0.717, 1.165) is 54.6 Å². The van der Waals surface area contributed by atoms with Crippen molar-refractivity contribution in [1.29, 1.82) is 0 Å². The van der Waals surface area contributed by atoms with Gasteiger partial charge in [-0.15, -0.1) is 0 Å². The minimum absolute atomic E-state index is 0.0220. The molecule has 0 bridgehead atoms. The molecule has 0 radical (unpaired) electrons. The maximum atomic E-state index is 13.5. The Labute approximate surface area is 207 Å². The van der Waals surface area contributed by atoms with Crippen LogP contribution < -0.4 is 14.7 Å². The van der Waals surface area contributed by atoms with Crippen LogP contribution in [-0.2, 0) is 6.18 Å². The lowest BCUT2D eigenvalue weighted by Gasteiger charge is -2.37. The normalized spacial score (nSPS) is 16.8. The molecule has 11 heteroatoms. The molecule has 0 unspecified atom stereocenters. The molecule has 188 valence electrons. The Hall–Kier alpha value is -3.76. The Morgan fingerprint density at radius 1 is 0.917 bits per heavy atom. The van der Waals surface area contributed by atoms with Gasteiger partial charge in [-0.25, -0.2) is 9.97 Å². The number of hydrogen-bond acceptors (Lipinski definition) is 8. The van der Waals surface area contributed by atoms with Crippen molar-refractivity contribution in [2.24, 2.45) is 4.99 Å². The number of halogens is 3. The lowest BCUT2D eigenvalue weighted by molar-refractivity contribution is -0.137. The highest BCUT2D eigenvalue weighted by molar-refractivity contribution is 5.81. The Kier molecular flexibility index (Phi) is 6.71. The fourth-order valence-electron chi connectivity index (χ4n) is 4.63. The van der Waals surface area contributed by atoms with E-state index in [0.29, 0.717) is 32.1 Å². The molecule has 8 nitrogen and oxygen atoms in total. The molecule has 36 heavy (non-hydrogen) atoms. The fourth-order valence-corrected chi connectivity index (χ4v) is 4.63. The van der Waals surface area contributed by atoms with E-state index in [-0.39, 0.29) is 5.82 Å². The van der Waals surface area contributed by atoms with Crippen molar-refractivity contribution in [3.63, 3.8) is 0 Å². The van der Waals surface area contributed by atoms with Crippen molar-refractivity contribution < 1.29 is 13.2 Å². The topological polar surface area (TPSA) is 73.6 Å². The van der Waals surface area contributed by atoms with Crippen LogP contribution in [-0.4, -0.2) is 72.5 Å². The number of hydrogen-bond donors (Lipinski definition) is 0. The molecule has 0 amide bonds. The van der Waals surface area contributed by atoms with Crippen molar-refractivity contribution in [2.75, 3.05) is 61.0 Å². The van der Waals surface area contributed by atoms with Gasteiger partial charge in [0, 0.05) is 88.3 Å². The Morgan fingerprint density at radius 2 is 1.67 bits per heavy atom. The smallest absolute Gasteiger partial charge is 0.353 e. The molecular weight excluding hydrogens is 469 g/mol. The van der Waals surface area contributed by atoms with Gasteiger partial charge in [0.15, 0.2) is 0 Å². The molecule has 5 heterocycles. The van der Waals surface area contributed by atoms with E-state index in [9.17, 15) is 13.2 Å². The molecule has 2 aliphatic rings. The van der Waals surface area contributed by atoms with Crippen molar-refractivity contribution in [1.82, 2.24) is 19.9 Å². The van der Waals surface area contributed by atoms with Crippen LogP contribution in [0.25, 0.3) is 11.3 Å². The lowest BCUT2D eigenvalue weighted by atomic mass is 10.1. The lowest BCUT2D eigenvalue weighted by Crippen LogP contribution is -2.47. The molecule has 2 saturated heterocycles. The number of anilines is 3. The molecule has 3 aromatic heterocycles. The first-order valence-electron chi connectivity index (χ1n) is 12.0. The first kappa shape index (κ1) is 24.0. The predicted molar refractivity (Wildman–Crippen MR) is 134 cm³/mol. The summed E-state index contributed by atoms with van der Waals surface area (Å²) in [6, 6.07) is 6.32. The summed E-state index contributed by atoms with van der Waals surface area (Å²) in [5.41, 5.74) is 1.79. The van der Waals surface area contributed by atoms with E-state index in [1.54, 1.807) is 30.6 Å². The second-order valence-electron chi connectivity index (χ2n) is 8.85. The highest BCUT2D eigenvalue weighted by atomic mass is 19.4. The second kappa shape index (κ2) is 10.1. The molecule has 0 aromatic carbocycles. The largest absolute Gasteiger partial charge is 0.419 e. The van der Waals surface area contributed by atoms with Crippen LogP contribution in [0, 0.1) is 0 Å². The first-order valence-corrected chi connectivity index (χ1v) is 12.0. The monoisotopic (exact) mass is 496 g/mol. The molecule has 0 N–H and O–H groups in total. The van der Waals surface area contributed by atoms with E-state index in [1.807, 2.05) is 12.1 Å². The van der Waals surface area contributed by atoms with Crippen LogP contribution in [0.5, 0.6) is 0 Å². The van der Waals surface area contributed by atoms with Crippen molar-refractivity contribution in [2.45, 2.75) is 19.0 Å². The van der Waals surface area contributed by atoms with E-state index in [1.165, 1.54) is 12.3 Å². The van der Waals surface area contributed by atoms with E-state index in [2.05, 4.69) is 24.8 Å². The minimum atomic E-state index is -4.45. The third kappa shape index (κ3) is 5.09. The number of nitrogens with zero attached hydrogens (tertiary/aromatic N) is 8. The maximum absolute atomic E-state index is 13.5. The highest BCUT2D eigenvalue weighted by Crippen LogP contribution is 2.36. The molecule has 5 rings (SSSR count). The summed E-state index contributed by atoms with van der Waals surface area (Å²) >= 11 is 0. The number of pyridine rings is 2. The van der Waals surface area contributed by atoms with Crippen LogP contribution in [0.3, 0.4) is 0 Å². The average Bonchev–Trinajstić information content (AvgIpc) is 3.44. The number of aromatic nitrogens is 4. The number of aliphatic imine (C=N–C) groups is 1. The van der Waals surface area contributed by atoms with Crippen molar-refractivity contribution in [3.05, 3.63) is 54.0 Å². The van der Waals surface area contributed by atoms with Crippen LogP contribution in [0.1, 0.15) is 24.0 Å². The fraction of sp³-hybridized carbons (Fsp3) is 0.400. The van der Waals surface area contributed by atoms with Gasteiger partial charge >= 0.3 is 6.18 Å². The van der Waals surface area contributed by atoms with Crippen molar-refractivity contribution in [3.8, 4) is 11.3 Å². The molecule has 2 aliphatic heterocycles. The highest BCUT2D eigenvalue weighted by Gasteiger charge is 2.36. The quantitative estimate of drug-likeness (QED) is 0.496. The maximum Gasteiger partial charge on any atom is 0.419 e. The van der Waals surface area contributed by atoms with Crippen LogP contribution in [0.4, 0.5) is 30.8 Å². The molecule has 0 spiro atoms. The molecular formula is C25H27F3N8. The SMILES string of the molecule is CN=Cc1cncc(-c2cc(N3CCN(c4ncccc4C(F)(F)F)CC3)nc(N3CCCC3)n2)c1. The van der Waals surface area contributed by atoms with Gasteiger partial charge in [0.2, 0.25) is 5.95 Å².